The Hall–Kier alpha value is -1.73. The van der Waals surface area contributed by atoms with Gasteiger partial charge in [-0.15, -0.1) is 0 Å². The van der Waals surface area contributed by atoms with Crippen LogP contribution in [-0.4, -0.2) is 60.3 Å². The zero-order valence-corrected chi connectivity index (χ0v) is 15.6. The average molecular weight is 350 g/mol. The Kier molecular flexibility index (Phi) is 7.58. The highest BCUT2D eigenvalue weighted by molar-refractivity contribution is 5.75. The monoisotopic (exact) mass is 350 g/mol. The molecule has 0 bridgehead atoms. The summed E-state index contributed by atoms with van der Waals surface area (Å²) in [6, 6.07) is 1.86. The van der Waals surface area contributed by atoms with Crippen molar-refractivity contribution in [2.75, 3.05) is 39.9 Å². The molecule has 0 saturated carbocycles. The first-order valence-electron chi connectivity index (χ1n) is 9.02. The van der Waals surface area contributed by atoms with Crippen LogP contribution in [0.2, 0.25) is 0 Å². The van der Waals surface area contributed by atoms with Crippen LogP contribution in [0.5, 0.6) is 0 Å². The Morgan fingerprint density at radius 3 is 2.92 bits per heavy atom. The SMILES string of the molecule is COCCCN1CC[C@@H](CNC(=O)CCn2c(C)cc(C)nc2=O)C1. The quantitative estimate of drug-likeness (QED) is 0.664. The van der Waals surface area contributed by atoms with Gasteiger partial charge in [-0.2, -0.15) is 4.98 Å². The highest BCUT2D eigenvalue weighted by atomic mass is 16.5. The molecule has 1 amide bonds. The summed E-state index contributed by atoms with van der Waals surface area (Å²) in [5.41, 5.74) is 1.26. The van der Waals surface area contributed by atoms with Crippen LogP contribution >= 0.6 is 0 Å². The molecule has 7 nitrogen and oxygen atoms in total. The van der Waals surface area contributed by atoms with Crippen LogP contribution in [0, 0.1) is 19.8 Å². The molecule has 1 aromatic rings. The lowest BCUT2D eigenvalue weighted by Gasteiger charge is -2.16. The van der Waals surface area contributed by atoms with Crippen LogP contribution in [-0.2, 0) is 16.1 Å². The van der Waals surface area contributed by atoms with Gasteiger partial charge in [0.15, 0.2) is 0 Å². The summed E-state index contributed by atoms with van der Waals surface area (Å²) < 4.78 is 6.64. The number of hydrogen-bond donors (Lipinski definition) is 1. The Morgan fingerprint density at radius 1 is 1.40 bits per heavy atom. The maximum atomic E-state index is 12.1. The van der Waals surface area contributed by atoms with E-state index in [0.29, 0.717) is 31.1 Å². The number of nitrogens with zero attached hydrogens (tertiary/aromatic N) is 3. The van der Waals surface area contributed by atoms with E-state index in [4.69, 9.17) is 4.74 Å². The van der Waals surface area contributed by atoms with Crippen LogP contribution in [0.25, 0.3) is 0 Å². The second-order valence-electron chi connectivity index (χ2n) is 6.83. The van der Waals surface area contributed by atoms with Gasteiger partial charge in [-0.3, -0.25) is 9.36 Å². The second-order valence-corrected chi connectivity index (χ2v) is 6.83. The summed E-state index contributed by atoms with van der Waals surface area (Å²) >= 11 is 0. The molecule has 0 aliphatic carbocycles. The van der Waals surface area contributed by atoms with Gasteiger partial charge in [0.2, 0.25) is 5.91 Å². The minimum absolute atomic E-state index is 0.00953. The van der Waals surface area contributed by atoms with Crippen LogP contribution in [0.15, 0.2) is 10.9 Å². The van der Waals surface area contributed by atoms with E-state index >= 15 is 0 Å². The topological polar surface area (TPSA) is 76.5 Å². The third-order valence-electron chi connectivity index (χ3n) is 4.69. The predicted molar refractivity (Wildman–Crippen MR) is 96.6 cm³/mol. The normalized spacial score (nSPS) is 17.8. The standard InChI is InChI=1S/C18H30N4O3/c1-14-11-15(2)22(18(24)20-14)9-6-17(23)19-12-16-5-8-21(13-16)7-4-10-25-3/h11,16H,4-10,12-13H2,1-3H3,(H,19,23)/t16-/m0/s1. The average Bonchev–Trinajstić information content (AvgIpc) is 3.00. The molecule has 1 aliphatic rings. The Balaban J connectivity index is 1.69. The molecule has 2 heterocycles. The predicted octanol–water partition coefficient (Wildman–Crippen LogP) is 0.725. The van der Waals surface area contributed by atoms with E-state index in [9.17, 15) is 9.59 Å². The van der Waals surface area contributed by atoms with E-state index in [0.717, 1.165) is 44.8 Å². The minimum Gasteiger partial charge on any atom is -0.385 e. The first-order valence-corrected chi connectivity index (χ1v) is 9.02. The summed E-state index contributed by atoms with van der Waals surface area (Å²) in [4.78, 5) is 30.3. The molecule has 0 spiro atoms. The van der Waals surface area contributed by atoms with E-state index in [1.165, 1.54) is 0 Å². The lowest BCUT2D eigenvalue weighted by atomic mass is 10.1. The van der Waals surface area contributed by atoms with E-state index < -0.39 is 0 Å². The van der Waals surface area contributed by atoms with Crippen LogP contribution in [0.1, 0.15) is 30.7 Å². The number of methoxy groups -OCH3 is 1. The van der Waals surface area contributed by atoms with Crippen molar-refractivity contribution in [1.82, 2.24) is 19.8 Å². The Bertz CT molecular complexity index is 629. The van der Waals surface area contributed by atoms with Crippen molar-refractivity contribution in [3.05, 3.63) is 27.9 Å². The molecule has 25 heavy (non-hydrogen) atoms. The largest absolute Gasteiger partial charge is 0.385 e. The molecule has 0 unspecified atom stereocenters. The minimum atomic E-state index is -0.284. The number of aryl methyl sites for hydroxylation is 2. The second kappa shape index (κ2) is 9.68. The number of amides is 1. The van der Waals surface area contributed by atoms with Crippen molar-refractivity contribution < 1.29 is 9.53 Å². The Morgan fingerprint density at radius 2 is 2.20 bits per heavy atom. The molecule has 1 aromatic heterocycles. The fourth-order valence-electron chi connectivity index (χ4n) is 3.32. The number of ether oxygens (including phenoxy) is 1. The van der Waals surface area contributed by atoms with Gasteiger partial charge < -0.3 is 15.0 Å². The lowest BCUT2D eigenvalue weighted by molar-refractivity contribution is -0.121. The van der Waals surface area contributed by atoms with Gasteiger partial charge in [0.25, 0.3) is 0 Å². The molecule has 1 aliphatic heterocycles. The van der Waals surface area contributed by atoms with Gasteiger partial charge in [-0.1, -0.05) is 0 Å². The van der Waals surface area contributed by atoms with Gasteiger partial charge in [0, 0.05) is 57.7 Å². The molecular formula is C18H30N4O3. The summed E-state index contributed by atoms with van der Waals surface area (Å²) in [7, 11) is 1.73. The highest BCUT2D eigenvalue weighted by Crippen LogP contribution is 2.15. The maximum absolute atomic E-state index is 12.1. The number of aromatic nitrogens is 2. The van der Waals surface area contributed by atoms with Gasteiger partial charge in [-0.05, 0) is 45.2 Å². The van der Waals surface area contributed by atoms with E-state index in [-0.39, 0.29) is 11.6 Å². The molecule has 1 fully saturated rings. The first kappa shape index (κ1) is 19.6. The van der Waals surface area contributed by atoms with Crippen LogP contribution < -0.4 is 11.0 Å². The van der Waals surface area contributed by atoms with E-state index in [1.807, 2.05) is 13.0 Å². The summed E-state index contributed by atoms with van der Waals surface area (Å²) in [5.74, 6) is 0.502. The molecule has 1 N–H and O–H groups in total. The van der Waals surface area contributed by atoms with E-state index in [2.05, 4.69) is 15.2 Å². The molecule has 0 aromatic carbocycles. The third kappa shape index (κ3) is 6.25. The van der Waals surface area contributed by atoms with Crippen LogP contribution in [0.3, 0.4) is 0 Å². The first-order chi connectivity index (χ1) is 12.0. The number of carbonyl (C=O) groups excluding carboxylic acids is 1. The number of hydrogen-bond acceptors (Lipinski definition) is 5. The number of likely N-dealkylation sites (tertiary alicyclic amines) is 1. The fraction of sp³-hybridized carbons (Fsp3) is 0.722. The molecule has 1 saturated heterocycles. The van der Waals surface area contributed by atoms with Crippen molar-refractivity contribution >= 4 is 5.91 Å². The summed E-state index contributed by atoms with van der Waals surface area (Å²) in [6.45, 7) is 8.72. The summed E-state index contributed by atoms with van der Waals surface area (Å²) in [6.07, 6.45) is 2.47. The summed E-state index contributed by atoms with van der Waals surface area (Å²) in [5, 5.41) is 3.01. The zero-order chi connectivity index (χ0) is 18.2. The number of rotatable bonds is 9. The molecule has 2 rings (SSSR count). The van der Waals surface area contributed by atoms with Gasteiger partial charge >= 0.3 is 5.69 Å². The van der Waals surface area contributed by atoms with Gasteiger partial charge in [0.1, 0.15) is 0 Å². The van der Waals surface area contributed by atoms with Crippen molar-refractivity contribution in [3.63, 3.8) is 0 Å². The molecule has 1 atom stereocenters. The van der Waals surface area contributed by atoms with Crippen molar-refractivity contribution in [2.45, 2.75) is 39.7 Å². The Labute approximate surface area is 149 Å². The van der Waals surface area contributed by atoms with Crippen molar-refractivity contribution in [1.29, 1.82) is 0 Å². The molecule has 7 heteroatoms. The lowest BCUT2D eigenvalue weighted by Crippen LogP contribution is -2.33. The zero-order valence-electron chi connectivity index (χ0n) is 15.6. The van der Waals surface area contributed by atoms with Crippen molar-refractivity contribution in [3.8, 4) is 0 Å². The maximum Gasteiger partial charge on any atom is 0.347 e. The highest BCUT2D eigenvalue weighted by Gasteiger charge is 2.22. The smallest absolute Gasteiger partial charge is 0.347 e. The van der Waals surface area contributed by atoms with Gasteiger partial charge in [-0.25, -0.2) is 4.79 Å². The van der Waals surface area contributed by atoms with E-state index in [1.54, 1.807) is 18.6 Å². The fourth-order valence-corrected chi connectivity index (χ4v) is 3.32. The number of carbonyl (C=O) groups is 1. The van der Waals surface area contributed by atoms with Gasteiger partial charge in [0.05, 0.1) is 0 Å². The third-order valence-corrected chi connectivity index (χ3v) is 4.69. The van der Waals surface area contributed by atoms with Crippen LogP contribution in [0.4, 0.5) is 0 Å². The molecule has 140 valence electrons. The van der Waals surface area contributed by atoms with Crippen molar-refractivity contribution in [2.24, 2.45) is 5.92 Å². The molecule has 0 radical (unpaired) electrons. The molecular weight excluding hydrogens is 320 g/mol. The number of nitrogens with one attached hydrogen (secondary N) is 1.